The first-order chi connectivity index (χ1) is 12.1. The first-order valence-corrected chi connectivity index (χ1v) is 8.75. The molecule has 0 unspecified atom stereocenters. The van der Waals surface area contributed by atoms with Crippen LogP contribution in [-0.4, -0.2) is 33.9 Å². The highest BCUT2D eigenvalue weighted by molar-refractivity contribution is 6.42. The van der Waals surface area contributed by atoms with E-state index in [1.165, 1.54) is 5.57 Å². The van der Waals surface area contributed by atoms with Crippen LogP contribution >= 0.6 is 23.2 Å². The summed E-state index contributed by atoms with van der Waals surface area (Å²) in [4.78, 5) is 22.2. The summed E-state index contributed by atoms with van der Waals surface area (Å²) in [7, 11) is 0. The minimum Gasteiger partial charge on any atom is -0.359 e. The van der Waals surface area contributed by atoms with Gasteiger partial charge in [-0.25, -0.2) is 0 Å². The summed E-state index contributed by atoms with van der Waals surface area (Å²) < 4.78 is 0. The van der Waals surface area contributed by atoms with E-state index in [0.717, 1.165) is 23.0 Å². The van der Waals surface area contributed by atoms with Gasteiger partial charge in [0.05, 0.1) is 21.1 Å². The number of nitrogens with one attached hydrogen (secondary N) is 1. The Hall–Kier alpha value is -2.30. The zero-order valence-electron chi connectivity index (χ0n) is 13.3. The van der Waals surface area contributed by atoms with E-state index < -0.39 is 0 Å². The lowest BCUT2D eigenvalue weighted by atomic mass is 10.0. The zero-order valence-corrected chi connectivity index (χ0v) is 14.8. The van der Waals surface area contributed by atoms with Crippen LogP contribution in [0.2, 0.25) is 10.0 Å². The number of aromatic nitrogens is 2. The van der Waals surface area contributed by atoms with Crippen LogP contribution in [0.5, 0.6) is 0 Å². The van der Waals surface area contributed by atoms with Crippen molar-refractivity contribution < 1.29 is 4.79 Å². The topological polar surface area (TPSA) is 49.0 Å². The minimum atomic E-state index is -0.0362. The molecule has 4 rings (SSSR count). The van der Waals surface area contributed by atoms with Crippen molar-refractivity contribution in [2.24, 2.45) is 0 Å². The first-order valence-electron chi connectivity index (χ1n) is 7.99. The molecule has 3 aromatic rings. The van der Waals surface area contributed by atoms with Gasteiger partial charge in [0, 0.05) is 36.6 Å². The Morgan fingerprint density at radius 1 is 1.20 bits per heavy atom. The molecule has 1 aromatic carbocycles. The average molecular weight is 372 g/mol. The number of carbonyl (C=O) groups excluding carboxylic acids is 1. The highest BCUT2D eigenvalue weighted by Crippen LogP contribution is 2.29. The molecule has 1 amide bonds. The molecule has 0 saturated carbocycles. The van der Waals surface area contributed by atoms with Gasteiger partial charge in [-0.1, -0.05) is 29.3 Å². The Morgan fingerprint density at radius 2 is 2.08 bits per heavy atom. The van der Waals surface area contributed by atoms with E-state index in [1.807, 2.05) is 23.2 Å². The van der Waals surface area contributed by atoms with Crippen LogP contribution in [0.1, 0.15) is 22.3 Å². The van der Waals surface area contributed by atoms with Crippen LogP contribution in [0.3, 0.4) is 0 Å². The Labute approximate surface area is 155 Å². The van der Waals surface area contributed by atoms with Crippen molar-refractivity contribution in [1.82, 2.24) is 14.9 Å². The Kier molecular flexibility index (Phi) is 4.24. The van der Waals surface area contributed by atoms with E-state index in [4.69, 9.17) is 23.2 Å². The average Bonchev–Trinajstić information content (AvgIpc) is 3.08. The van der Waals surface area contributed by atoms with Gasteiger partial charge in [0.15, 0.2) is 0 Å². The number of amides is 1. The van der Waals surface area contributed by atoms with Crippen LogP contribution in [0, 0.1) is 0 Å². The summed E-state index contributed by atoms with van der Waals surface area (Å²) in [5.41, 5.74) is 4.87. The maximum Gasteiger partial charge on any atom is 0.254 e. The Bertz CT molecular complexity index is 993. The van der Waals surface area contributed by atoms with Crippen molar-refractivity contribution in [1.29, 1.82) is 0 Å². The molecule has 0 fully saturated rings. The number of rotatable bonds is 2. The third-order valence-electron chi connectivity index (χ3n) is 4.44. The highest BCUT2D eigenvalue weighted by Gasteiger charge is 2.21. The standard InChI is InChI=1S/C19H15Cl2N3O/c20-15-4-3-13(10-16(15)21)19(25)24-8-5-12(6-9-24)14-11-23-17-2-1-7-22-18(14)17/h1-5,7,10-11,23H,6,8-9H2. The molecule has 0 saturated heterocycles. The number of hydrogen-bond acceptors (Lipinski definition) is 2. The molecule has 0 radical (unpaired) electrons. The number of H-pyrrole nitrogens is 1. The Balaban J connectivity index is 1.55. The van der Waals surface area contributed by atoms with E-state index in [9.17, 15) is 4.79 Å². The van der Waals surface area contributed by atoms with Crippen molar-refractivity contribution in [2.75, 3.05) is 13.1 Å². The molecule has 1 aliphatic heterocycles. The number of hydrogen-bond donors (Lipinski definition) is 1. The molecule has 126 valence electrons. The summed E-state index contributed by atoms with van der Waals surface area (Å²) in [5, 5.41) is 0.844. The third-order valence-corrected chi connectivity index (χ3v) is 5.18. The first kappa shape index (κ1) is 16.2. The van der Waals surface area contributed by atoms with Gasteiger partial charge in [0.1, 0.15) is 0 Å². The van der Waals surface area contributed by atoms with Gasteiger partial charge in [0.25, 0.3) is 5.91 Å². The fourth-order valence-electron chi connectivity index (χ4n) is 3.11. The van der Waals surface area contributed by atoms with Crippen LogP contribution in [0.25, 0.3) is 16.6 Å². The van der Waals surface area contributed by atoms with E-state index in [1.54, 1.807) is 24.4 Å². The van der Waals surface area contributed by atoms with Gasteiger partial charge in [-0.2, -0.15) is 0 Å². The molecule has 4 nitrogen and oxygen atoms in total. The Morgan fingerprint density at radius 3 is 2.84 bits per heavy atom. The normalized spacial score (nSPS) is 14.6. The summed E-state index contributed by atoms with van der Waals surface area (Å²) in [6.45, 7) is 1.22. The fourth-order valence-corrected chi connectivity index (χ4v) is 3.41. The number of benzene rings is 1. The predicted octanol–water partition coefficient (Wildman–Crippen LogP) is 4.80. The maximum absolute atomic E-state index is 12.6. The SMILES string of the molecule is O=C(c1ccc(Cl)c(Cl)c1)N1CC=C(c2c[nH]c3cccnc23)CC1. The summed E-state index contributed by atoms with van der Waals surface area (Å²) >= 11 is 11.9. The number of nitrogens with zero attached hydrogens (tertiary/aromatic N) is 2. The van der Waals surface area contributed by atoms with Crippen LogP contribution < -0.4 is 0 Å². The summed E-state index contributed by atoms with van der Waals surface area (Å²) in [6, 6.07) is 8.90. The lowest BCUT2D eigenvalue weighted by molar-refractivity contribution is 0.0773. The van der Waals surface area contributed by atoms with Crippen molar-refractivity contribution in [2.45, 2.75) is 6.42 Å². The minimum absolute atomic E-state index is 0.0362. The predicted molar refractivity (Wildman–Crippen MR) is 101 cm³/mol. The van der Waals surface area contributed by atoms with Gasteiger partial charge in [-0.3, -0.25) is 9.78 Å². The second-order valence-electron chi connectivity index (χ2n) is 5.96. The smallest absolute Gasteiger partial charge is 0.254 e. The number of carbonyl (C=O) groups is 1. The van der Waals surface area contributed by atoms with E-state index in [0.29, 0.717) is 28.7 Å². The molecule has 2 aromatic heterocycles. The van der Waals surface area contributed by atoms with E-state index >= 15 is 0 Å². The lowest BCUT2D eigenvalue weighted by Gasteiger charge is -2.26. The molecule has 0 atom stereocenters. The second-order valence-corrected chi connectivity index (χ2v) is 6.78. The molecular formula is C19H15Cl2N3O. The zero-order chi connectivity index (χ0) is 17.4. The van der Waals surface area contributed by atoms with Gasteiger partial charge in [-0.15, -0.1) is 0 Å². The van der Waals surface area contributed by atoms with E-state index in [-0.39, 0.29) is 5.91 Å². The maximum atomic E-state index is 12.6. The highest BCUT2D eigenvalue weighted by atomic mass is 35.5. The molecule has 0 bridgehead atoms. The van der Waals surface area contributed by atoms with Crippen molar-refractivity contribution in [3.8, 4) is 0 Å². The fraction of sp³-hybridized carbons (Fsp3) is 0.158. The molecule has 1 aliphatic rings. The quantitative estimate of drug-likeness (QED) is 0.703. The molecule has 6 heteroatoms. The third kappa shape index (κ3) is 3.03. The van der Waals surface area contributed by atoms with Gasteiger partial charge in [0.2, 0.25) is 0 Å². The van der Waals surface area contributed by atoms with Gasteiger partial charge in [-0.05, 0) is 42.3 Å². The van der Waals surface area contributed by atoms with Crippen LogP contribution in [0.15, 0.2) is 48.8 Å². The number of fused-ring (bicyclic) bond motifs is 1. The van der Waals surface area contributed by atoms with Crippen LogP contribution in [-0.2, 0) is 0 Å². The second kappa shape index (κ2) is 6.54. The van der Waals surface area contributed by atoms with Crippen molar-refractivity contribution in [3.05, 3.63) is 70.0 Å². The van der Waals surface area contributed by atoms with Gasteiger partial charge >= 0.3 is 0 Å². The van der Waals surface area contributed by atoms with Crippen molar-refractivity contribution >= 4 is 45.7 Å². The van der Waals surface area contributed by atoms with E-state index in [2.05, 4.69) is 16.0 Å². The largest absolute Gasteiger partial charge is 0.359 e. The number of pyridine rings is 1. The summed E-state index contributed by atoms with van der Waals surface area (Å²) in [6.07, 6.45) is 6.66. The monoisotopic (exact) mass is 371 g/mol. The molecule has 1 N–H and O–H groups in total. The molecule has 3 heterocycles. The summed E-state index contributed by atoms with van der Waals surface area (Å²) in [5.74, 6) is -0.0362. The van der Waals surface area contributed by atoms with Gasteiger partial charge < -0.3 is 9.88 Å². The molecule has 0 aliphatic carbocycles. The molecule has 0 spiro atoms. The molecule has 25 heavy (non-hydrogen) atoms. The number of halogens is 2. The van der Waals surface area contributed by atoms with Crippen molar-refractivity contribution in [3.63, 3.8) is 0 Å². The van der Waals surface area contributed by atoms with Crippen LogP contribution in [0.4, 0.5) is 0 Å². The molecular weight excluding hydrogens is 357 g/mol. The number of aromatic amines is 1. The lowest BCUT2D eigenvalue weighted by Crippen LogP contribution is -2.34.